The third-order valence-electron chi connectivity index (χ3n) is 4.30. The molecular weight excluding hydrogens is 348 g/mol. The van der Waals surface area contributed by atoms with Crippen molar-refractivity contribution >= 4 is 17.4 Å². The molecule has 0 bridgehead atoms. The summed E-state index contributed by atoms with van der Waals surface area (Å²) < 4.78 is 5.24. The summed E-state index contributed by atoms with van der Waals surface area (Å²) in [6.45, 7) is 0.329. The molecule has 1 aromatic heterocycles. The second-order valence-corrected chi connectivity index (χ2v) is 5.98. The zero-order valence-corrected chi connectivity index (χ0v) is 14.6. The van der Waals surface area contributed by atoms with E-state index in [1.807, 2.05) is 0 Å². The third-order valence-corrected chi connectivity index (χ3v) is 4.30. The Hall–Kier alpha value is -3.03. The average Bonchev–Trinajstić information content (AvgIpc) is 2.97. The highest BCUT2D eigenvalue weighted by molar-refractivity contribution is 6.46. The van der Waals surface area contributed by atoms with Crippen molar-refractivity contribution in [1.82, 2.24) is 9.88 Å². The molecule has 3 rings (SSSR count). The summed E-state index contributed by atoms with van der Waals surface area (Å²) in [5.41, 5.74) is 1.11. The number of aliphatic hydroxyl groups is 2. The number of ketones is 1. The zero-order chi connectivity index (χ0) is 19.2. The number of amides is 1. The molecule has 1 amide bonds. The fourth-order valence-corrected chi connectivity index (χ4v) is 3.08. The van der Waals surface area contributed by atoms with Crippen LogP contribution in [0.2, 0.25) is 0 Å². The number of Topliss-reactive ketones (excluding diaryl/α,β-unsaturated/α-hetero) is 1. The number of hydrogen-bond donors (Lipinski definition) is 2. The lowest BCUT2D eigenvalue weighted by molar-refractivity contribution is -0.140. The molecule has 1 aromatic carbocycles. The van der Waals surface area contributed by atoms with Crippen molar-refractivity contribution in [2.75, 3.05) is 26.4 Å². The van der Waals surface area contributed by atoms with Crippen LogP contribution in [0.3, 0.4) is 0 Å². The number of ether oxygens (including phenoxy) is 1. The van der Waals surface area contributed by atoms with E-state index in [4.69, 9.17) is 9.84 Å². The second-order valence-electron chi connectivity index (χ2n) is 5.98. The molecule has 1 saturated heterocycles. The van der Waals surface area contributed by atoms with E-state index in [1.165, 1.54) is 4.90 Å². The normalized spacial score (nSPS) is 18.9. The molecule has 27 heavy (non-hydrogen) atoms. The Kier molecular flexibility index (Phi) is 5.95. The van der Waals surface area contributed by atoms with Gasteiger partial charge in [0.25, 0.3) is 11.7 Å². The standard InChI is InChI=1S/C20H20N2O5/c23-10-12-27-11-9-22-17(15-7-4-8-21-13-15)16(19(25)20(22)26)18(24)14-5-2-1-3-6-14/h1-8,13,17,23-24H,9-12H2/t17-/m0/s1. The smallest absolute Gasteiger partial charge is 0.295 e. The predicted molar refractivity (Wildman–Crippen MR) is 97.6 cm³/mol. The van der Waals surface area contributed by atoms with Crippen LogP contribution in [-0.2, 0) is 14.3 Å². The summed E-state index contributed by atoms with van der Waals surface area (Å²) in [7, 11) is 0. The van der Waals surface area contributed by atoms with Crippen LogP contribution in [-0.4, -0.2) is 58.2 Å². The van der Waals surface area contributed by atoms with Gasteiger partial charge in [-0.1, -0.05) is 36.4 Å². The number of nitrogens with zero attached hydrogens (tertiary/aromatic N) is 2. The SMILES string of the molecule is O=C1C(=O)N(CCOCCO)[C@@H](c2cccnc2)C1=C(O)c1ccccc1. The molecule has 2 heterocycles. The molecule has 140 valence electrons. The molecular formula is C20H20N2O5. The quantitative estimate of drug-likeness (QED) is 0.333. The van der Waals surface area contributed by atoms with E-state index in [0.29, 0.717) is 11.1 Å². The van der Waals surface area contributed by atoms with E-state index >= 15 is 0 Å². The fourth-order valence-electron chi connectivity index (χ4n) is 3.08. The van der Waals surface area contributed by atoms with Crippen LogP contribution in [0.5, 0.6) is 0 Å². The number of hydrogen-bond acceptors (Lipinski definition) is 6. The topological polar surface area (TPSA) is 100.0 Å². The number of aromatic nitrogens is 1. The number of carbonyl (C=O) groups is 2. The molecule has 0 saturated carbocycles. The van der Waals surface area contributed by atoms with E-state index in [2.05, 4.69) is 4.98 Å². The molecule has 0 unspecified atom stereocenters. The van der Waals surface area contributed by atoms with Crippen molar-refractivity contribution in [2.45, 2.75) is 6.04 Å². The Bertz CT molecular complexity index is 836. The first-order valence-corrected chi connectivity index (χ1v) is 8.57. The van der Waals surface area contributed by atoms with E-state index in [1.54, 1.807) is 54.9 Å². The van der Waals surface area contributed by atoms with Crippen molar-refractivity contribution in [3.05, 3.63) is 71.6 Å². The summed E-state index contributed by atoms with van der Waals surface area (Å²) >= 11 is 0. The summed E-state index contributed by atoms with van der Waals surface area (Å²) in [6.07, 6.45) is 3.16. The lowest BCUT2D eigenvalue weighted by Crippen LogP contribution is -2.33. The monoisotopic (exact) mass is 368 g/mol. The molecule has 2 aromatic rings. The number of pyridine rings is 1. The summed E-state index contributed by atoms with van der Waals surface area (Å²) in [4.78, 5) is 30.7. The van der Waals surface area contributed by atoms with Crippen LogP contribution >= 0.6 is 0 Å². The molecule has 0 aliphatic carbocycles. The maximum atomic E-state index is 12.7. The largest absolute Gasteiger partial charge is 0.507 e. The Labute approximate surface area is 156 Å². The van der Waals surface area contributed by atoms with Gasteiger partial charge in [0.1, 0.15) is 5.76 Å². The zero-order valence-electron chi connectivity index (χ0n) is 14.6. The molecule has 7 heteroatoms. The first-order chi connectivity index (χ1) is 13.1. The number of likely N-dealkylation sites (tertiary alicyclic amines) is 1. The highest BCUT2D eigenvalue weighted by atomic mass is 16.5. The molecule has 0 spiro atoms. The molecule has 1 aliphatic heterocycles. The van der Waals surface area contributed by atoms with Crippen LogP contribution < -0.4 is 0 Å². The molecule has 0 radical (unpaired) electrons. The number of rotatable bonds is 7. The lowest BCUT2D eigenvalue weighted by Gasteiger charge is -2.24. The van der Waals surface area contributed by atoms with Gasteiger partial charge >= 0.3 is 0 Å². The Morgan fingerprint density at radius 2 is 1.89 bits per heavy atom. The fraction of sp³-hybridized carbons (Fsp3) is 0.250. The summed E-state index contributed by atoms with van der Waals surface area (Å²) in [6, 6.07) is 11.3. The van der Waals surface area contributed by atoms with E-state index in [0.717, 1.165) is 0 Å². The van der Waals surface area contributed by atoms with Gasteiger partial charge in [0.15, 0.2) is 0 Å². The third kappa shape index (κ3) is 3.89. The van der Waals surface area contributed by atoms with Gasteiger partial charge in [-0.05, 0) is 11.6 Å². The van der Waals surface area contributed by atoms with Gasteiger partial charge < -0.3 is 19.8 Å². The van der Waals surface area contributed by atoms with E-state index in [-0.39, 0.29) is 37.7 Å². The Morgan fingerprint density at radius 1 is 1.11 bits per heavy atom. The van der Waals surface area contributed by atoms with Crippen molar-refractivity contribution in [3.8, 4) is 0 Å². The molecule has 1 aliphatic rings. The van der Waals surface area contributed by atoms with Crippen LogP contribution in [0, 0.1) is 0 Å². The van der Waals surface area contributed by atoms with Crippen molar-refractivity contribution in [1.29, 1.82) is 0 Å². The van der Waals surface area contributed by atoms with Gasteiger partial charge in [-0.25, -0.2) is 0 Å². The Morgan fingerprint density at radius 3 is 2.56 bits per heavy atom. The number of aliphatic hydroxyl groups excluding tert-OH is 2. The molecule has 1 atom stereocenters. The van der Waals surface area contributed by atoms with Crippen LogP contribution in [0.1, 0.15) is 17.2 Å². The highest BCUT2D eigenvalue weighted by Crippen LogP contribution is 2.38. The highest BCUT2D eigenvalue weighted by Gasteiger charge is 2.45. The summed E-state index contributed by atoms with van der Waals surface area (Å²) in [5.74, 6) is -1.66. The second kappa shape index (κ2) is 8.57. The van der Waals surface area contributed by atoms with Crippen molar-refractivity contribution < 1.29 is 24.5 Å². The van der Waals surface area contributed by atoms with Gasteiger partial charge in [0, 0.05) is 24.5 Å². The first kappa shape index (κ1) is 18.8. The van der Waals surface area contributed by atoms with Crippen LogP contribution in [0.25, 0.3) is 5.76 Å². The van der Waals surface area contributed by atoms with E-state index < -0.39 is 17.7 Å². The minimum atomic E-state index is -0.753. The number of carbonyl (C=O) groups excluding carboxylic acids is 2. The first-order valence-electron chi connectivity index (χ1n) is 8.57. The predicted octanol–water partition coefficient (Wildman–Crippen LogP) is 1.51. The number of benzene rings is 1. The molecule has 7 nitrogen and oxygen atoms in total. The van der Waals surface area contributed by atoms with Crippen LogP contribution in [0.15, 0.2) is 60.4 Å². The van der Waals surface area contributed by atoms with Gasteiger partial charge in [-0.3, -0.25) is 14.6 Å². The van der Waals surface area contributed by atoms with Gasteiger partial charge in [-0.15, -0.1) is 0 Å². The van der Waals surface area contributed by atoms with Crippen LogP contribution in [0.4, 0.5) is 0 Å². The van der Waals surface area contributed by atoms with Gasteiger partial charge in [0.2, 0.25) is 0 Å². The average molecular weight is 368 g/mol. The van der Waals surface area contributed by atoms with Gasteiger partial charge in [-0.2, -0.15) is 0 Å². The van der Waals surface area contributed by atoms with Crippen molar-refractivity contribution in [2.24, 2.45) is 0 Å². The Balaban J connectivity index is 2.03. The van der Waals surface area contributed by atoms with Gasteiger partial charge in [0.05, 0.1) is 31.4 Å². The minimum absolute atomic E-state index is 0.0290. The van der Waals surface area contributed by atoms with E-state index in [9.17, 15) is 14.7 Å². The minimum Gasteiger partial charge on any atom is -0.507 e. The maximum absolute atomic E-state index is 12.7. The molecule has 1 fully saturated rings. The molecule has 2 N–H and O–H groups in total. The lowest BCUT2D eigenvalue weighted by atomic mass is 9.96. The summed E-state index contributed by atoms with van der Waals surface area (Å²) in [5, 5.41) is 19.6. The maximum Gasteiger partial charge on any atom is 0.295 e. The van der Waals surface area contributed by atoms with Crippen molar-refractivity contribution in [3.63, 3.8) is 0 Å².